The summed E-state index contributed by atoms with van der Waals surface area (Å²) < 4.78 is 34.9. The van der Waals surface area contributed by atoms with E-state index in [9.17, 15) is 19.0 Å². The maximum absolute atomic E-state index is 12.9. The van der Waals surface area contributed by atoms with E-state index in [2.05, 4.69) is 38.2 Å². The summed E-state index contributed by atoms with van der Waals surface area (Å²) in [5, 5.41) is 0. The third-order valence-electron chi connectivity index (χ3n) is 20.2. The van der Waals surface area contributed by atoms with Gasteiger partial charge in [-0.2, -0.15) is 0 Å². The first-order chi connectivity index (χ1) is 47.5. The van der Waals surface area contributed by atoms with E-state index in [1.165, 1.54) is 398 Å². The summed E-state index contributed by atoms with van der Waals surface area (Å²) in [5.41, 5.74) is 0. The van der Waals surface area contributed by atoms with E-state index in [1.807, 2.05) is 21.1 Å². The van der Waals surface area contributed by atoms with E-state index in [0.29, 0.717) is 17.4 Å². The first-order valence-corrected chi connectivity index (χ1v) is 45.1. The van der Waals surface area contributed by atoms with Gasteiger partial charge >= 0.3 is 19.8 Å². The molecular formula is C87H171NO8P+. The standard InChI is InChI=1S/C87H170NO8P/c1-6-8-10-12-14-16-18-20-22-24-26-28-30-32-34-36-38-40-42-43-44-45-46-48-50-52-54-56-58-60-62-64-66-68-70-72-74-76-78-80-87(90)96-85(84-95-97(91,92)94-82-81-88(3,4)5)83-93-86(89)79-77-75-73-71-69-67-65-63-61-59-57-55-53-51-49-47-41-39-37-35-33-31-29-27-25-23-21-19-17-15-13-11-9-7-2/h18,20,24,26,85H,6-17,19,21-23,25,27-84H2,1-5H3/p+1/b20-18-,26-24-. The molecule has 0 heterocycles. The van der Waals surface area contributed by atoms with Gasteiger partial charge in [-0.25, -0.2) is 4.57 Å². The molecule has 0 aromatic rings. The highest BCUT2D eigenvalue weighted by Crippen LogP contribution is 2.43. The highest BCUT2D eigenvalue weighted by atomic mass is 31.2. The molecule has 97 heavy (non-hydrogen) atoms. The van der Waals surface area contributed by atoms with E-state index in [-0.39, 0.29) is 25.6 Å². The number of carbonyl (C=O) groups excluding carboxylic acids is 2. The predicted octanol–water partition coefficient (Wildman–Crippen LogP) is 29.1. The summed E-state index contributed by atoms with van der Waals surface area (Å²) in [7, 11) is 1.51. The number of allylic oxidation sites excluding steroid dienone is 4. The van der Waals surface area contributed by atoms with Crippen molar-refractivity contribution < 1.29 is 42.1 Å². The van der Waals surface area contributed by atoms with Crippen molar-refractivity contribution >= 4 is 19.8 Å². The molecule has 2 unspecified atom stereocenters. The molecule has 0 spiro atoms. The molecule has 1 N–H and O–H groups in total. The Labute approximate surface area is 606 Å². The van der Waals surface area contributed by atoms with Gasteiger partial charge in [-0.05, 0) is 44.9 Å². The lowest BCUT2D eigenvalue weighted by molar-refractivity contribution is -0.870. The lowest BCUT2D eigenvalue weighted by Crippen LogP contribution is -2.37. The van der Waals surface area contributed by atoms with Crippen molar-refractivity contribution in [3.63, 3.8) is 0 Å². The minimum atomic E-state index is -4.39. The maximum atomic E-state index is 12.9. The Kier molecular flexibility index (Phi) is 77.4. The van der Waals surface area contributed by atoms with Crippen LogP contribution in [0.2, 0.25) is 0 Å². The second-order valence-corrected chi connectivity index (χ2v) is 32.7. The average Bonchev–Trinajstić information content (AvgIpc) is 1.69. The fourth-order valence-electron chi connectivity index (χ4n) is 13.6. The predicted molar refractivity (Wildman–Crippen MR) is 423 cm³/mol. The third kappa shape index (κ3) is 83.3. The van der Waals surface area contributed by atoms with E-state index >= 15 is 0 Å². The van der Waals surface area contributed by atoms with E-state index < -0.39 is 26.5 Å². The molecule has 0 aromatic heterocycles. The number of quaternary nitrogens is 1. The number of ether oxygens (including phenoxy) is 2. The number of rotatable bonds is 83. The third-order valence-corrected chi connectivity index (χ3v) is 21.2. The number of esters is 2. The van der Waals surface area contributed by atoms with Crippen molar-refractivity contribution in [1.29, 1.82) is 0 Å². The van der Waals surface area contributed by atoms with Crippen molar-refractivity contribution in [2.24, 2.45) is 0 Å². The number of phosphoric ester groups is 1. The minimum absolute atomic E-state index is 0.0367. The van der Waals surface area contributed by atoms with Gasteiger partial charge in [-0.15, -0.1) is 0 Å². The van der Waals surface area contributed by atoms with Crippen LogP contribution in [0.4, 0.5) is 0 Å². The first kappa shape index (κ1) is 95.5. The van der Waals surface area contributed by atoms with Crippen LogP contribution in [0.3, 0.4) is 0 Å². The fraction of sp³-hybridized carbons (Fsp3) is 0.931. The summed E-state index contributed by atoms with van der Waals surface area (Å²) in [6.07, 6.45) is 102. The number of unbranched alkanes of at least 4 members (excludes halogenated alkanes) is 65. The molecule has 0 aromatic carbocycles. The molecule has 0 bridgehead atoms. The Morgan fingerprint density at radius 1 is 0.320 bits per heavy atom. The molecule has 2 atom stereocenters. The molecule has 0 saturated heterocycles. The molecule has 0 radical (unpaired) electrons. The first-order valence-electron chi connectivity index (χ1n) is 43.6. The van der Waals surface area contributed by atoms with E-state index in [4.69, 9.17) is 18.5 Å². The Morgan fingerprint density at radius 2 is 0.557 bits per heavy atom. The Bertz CT molecular complexity index is 1680. The zero-order valence-electron chi connectivity index (χ0n) is 66.1. The highest BCUT2D eigenvalue weighted by Gasteiger charge is 2.27. The van der Waals surface area contributed by atoms with Crippen molar-refractivity contribution in [2.75, 3.05) is 47.5 Å². The summed E-state index contributed by atoms with van der Waals surface area (Å²) >= 11 is 0. The van der Waals surface area contributed by atoms with Crippen molar-refractivity contribution in [1.82, 2.24) is 0 Å². The molecule has 9 nitrogen and oxygen atoms in total. The van der Waals surface area contributed by atoms with Gasteiger partial charge in [0.1, 0.15) is 19.8 Å². The normalized spacial score (nSPS) is 13.0. The Morgan fingerprint density at radius 3 is 0.814 bits per heavy atom. The van der Waals surface area contributed by atoms with Crippen LogP contribution in [0.25, 0.3) is 0 Å². The highest BCUT2D eigenvalue weighted by molar-refractivity contribution is 7.47. The van der Waals surface area contributed by atoms with Gasteiger partial charge in [0.05, 0.1) is 27.7 Å². The molecular weight excluding hydrogens is 1220 g/mol. The topological polar surface area (TPSA) is 108 Å². The molecule has 0 rings (SSSR count). The summed E-state index contributed by atoms with van der Waals surface area (Å²) in [4.78, 5) is 36.0. The van der Waals surface area contributed by atoms with Crippen molar-refractivity contribution in [3.05, 3.63) is 24.3 Å². The number of likely N-dealkylation sites (N-methyl/N-ethyl adjacent to an activating group) is 1. The smallest absolute Gasteiger partial charge is 0.462 e. The minimum Gasteiger partial charge on any atom is -0.462 e. The van der Waals surface area contributed by atoms with Crippen LogP contribution in [0.5, 0.6) is 0 Å². The lowest BCUT2D eigenvalue weighted by atomic mass is 10.0. The molecule has 0 fully saturated rings. The lowest BCUT2D eigenvalue weighted by Gasteiger charge is -2.24. The zero-order chi connectivity index (χ0) is 70.4. The second kappa shape index (κ2) is 78.6. The van der Waals surface area contributed by atoms with Crippen LogP contribution in [-0.2, 0) is 32.7 Å². The van der Waals surface area contributed by atoms with Crippen molar-refractivity contribution in [2.45, 2.75) is 476 Å². The van der Waals surface area contributed by atoms with Gasteiger partial charge in [-0.3, -0.25) is 18.6 Å². The summed E-state index contributed by atoms with van der Waals surface area (Å²) in [5.74, 6) is -0.765. The van der Waals surface area contributed by atoms with Gasteiger partial charge in [0, 0.05) is 12.8 Å². The number of carbonyl (C=O) groups is 2. The molecule has 10 heteroatoms. The summed E-state index contributed by atoms with van der Waals surface area (Å²) in [6.45, 7) is 4.52. The van der Waals surface area contributed by atoms with Gasteiger partial charge in [0.2, 0.25) is 0 Å². The average molecular weight is 1390 g/mol. The van der Waals surface area contributed by atoms with Crippen LogP contribution < -0.4 is 0 Å². The van der Waals surface area contributed by atoms with Gasteiger partial charge in [0.15, 0.2) is 6.10 Å². The Balaban J connectivity index is 3.84. The zero-order valence-corrected chi connectivity index (χ0v) is 67.0. The van der Waals surface area contributed by atoms with Crippen LogP contribution in [0.1, 0.15) is 470 Å². The van der Waals surface area contributed by atoms with E-state index in [0.717, 1.165) is 44.9 Å². The molecule has 0 aliphatic heterocycles. The monoisotopic (exact) mass is 1390 g/mol. The Hall–Kier alpha value is -1.51. The molecule has 0 amide bonds. The van der Waals surface area contributed by atoms with Crippen LogP contribution in [0.15, 0.2) is 24.3 Å². The fourth-order valence-corrected chi connectivity index (χ4v) is 14.3. The second-order valence-electron chi connectivity index (χ2n) is 31.3. The number of hydrogen-bond donors (Lipinski definition) is 1. The summed E-state index contributed by atoms with van der Waals surface area (Å²) in [6, 6.07) is 0. The van der Waals surface area contributed by atoms with Gasteiger partial charge < -0.3 is 18.9 Å². The molecule has 0 aliphatic rings. The van der Waals surface area contributed by atoms with Crippen LogP contribution in [0, 0.1) is 0 Å². The van der Waals surface area contributed by atoms with Crippen LogP contribution in [-0.4, -0.2) is 74.9 Å². The number of nitrogens with zero attached hydrogens (tertiary/aromatic N) is 1. The molecule has 0 saturated carbocycles. The van der Waals surface area contributed by atoms with Gasteiger partial charge in [0.25, 0.3) is 0 Å². The van der Waals surface area contributed by atoms with Gasteiger partial charge in [-0.1, -0.05) is 436 Å². The molecule has 576 valence electrons. The number of phosphoric acid groups is 1. The SMILES string of the molecule is CCCCCCC/C=C\C/C=C\CCCCCCCCCCCCCCCCCCCCCCCCCCCCCC(=O)OC(COC(=O)CCCCCCCCCCCCCCCCCCCCCCCCCCCCCCCCCCCC)COP(=O)(O)OCC[N+](C)(C)C. The number of hydrogen-bond acceptors (Lipinski definition) is 7. The molecule has 0 aliphatic carbocycles. The van der Waals surface area contributed by atoms with Crippen LogP contribution >= 0.6 is 7.82 Å². The quantitative estimate of drug-likeness (QED) is 0.0211. The van der Waals surface area contributed by atoms with E-state index in [1.54, 1.807) is 0 Å². The van der Waals surface area contributed by atoms with Crippen molar-refractivity contribution in [3.8, 4) is 0 Å². The maximum Gasteiger partial charge on any atom is 0.472 e. The largest absolute Gasteiger partial charge is 0.472 e.